The lowest BCUT2D eigenvalue weighted by molar-refractivity contribution is -0.139. The summed E-state index contributed by atoms with van der Waals surface area (Å²) < 4.78 is 22.8. The van der Waals surface area contributed by atoms with Crippen LogP contribution in [0.15, 0.2) is 28.8 Å². The molecule has 0 saturated carbocycles. The minimum absolute atomic E-state index is 0.122. The molecule has 2 rings (SSSR count). The van der Waals surface area contributed by atoms with Gasteiger partial charge in [-0.1, -0.05) is 17.3 Å². The molecule has 0 fully saturated rings. The third kappa shape index (κ3) is 4.30. The van der Waals surface area contributed by atoms with Crippen molar-refractivity contribution in [3.05, 3.63) is 47.4 Å². The number of ether oxygens (including phenoxy) is 1. The Morgan fingerprint density at radius 3 is 2.68 bits per heavy atom. The van der Waals surface area contributed by atoms with Gasteiger partial charge in [0.2, 0.25) is 5.89 Å². The number of methoxy groups -OCH3 is 1. The Morgan fingerprint density at radius 2 is 2.05 bits per heavy atom. The molecule has 2 aromatic rings. The maximum atomic E-state index is 12.9. The van der Waals surface area contributed by atoms with Gasteiger partial charge < -0.3 is 9.26 Å². The van der Waals surface area contributed by atoms with E-state index in [1.807, 2.05) is 6.92 Å². The summed E-state index contributed by atoms with van der Waals surface area (Å²) in [6.07, 6.45) is 0.466. The van der Waals surface area contributed by atoms with Crippen LogP contribution in [0.4, 0.5) is 4.39 Å². The Balaban J connectivity index is 1.98. The minimum atomic E-state index is -0.313. The van der Waals surface area contributed by atoms with Crippen LogP contribution in [0.25, 0.3) is 0 Å². The van der Waals surface area contributed by atoms with Crippen LogP contribution >= 0.6 is 11.8 Å². The average Bonchev–Trinajstić information content (AvgIpc) is 2.97. The molecule has 0 radical (unpaired) electrons. The number of carbonyl (C=O) groups excluding carboxylic acids is 1. The van der Waals surface area contributed by atoms with E-state index < -0.39 is 0 Å². The maximum absolute atomic E-state index is 12.9. The van der Waals surface area contributed by atoms with Crippen LogP contribution in [0, 0.1) is 5.82 Å². The molecular weight excluding hydrogens is 307 g/mol. The molecule has 118 valence electrons. The molecular formula is C15H17FN2O3S. The molecule has 0 N–H and O–H groups in total. The van der Waals surface area contributed by atoms with Gasteiger partial charge in [-0.05, 0) is 31.5 Å². The largest absolute Gasteiger partial charge is 0.468 e. The number of benzene rings is 1. The summed E-state index contributed by atoms with van der Waals surface area (Å²) in [4.78, 5) is 15.7. The fraction of sp³-hybridized carbons (Fsp3) is 0.400. The Morgan fingerprint density at radius 1 is 1.36 bits per heavy atom. The zero-order valence-electron chi connectivity index (χ0n) is 12.6. The molecule has 0 bridgehead atoms. The van der Waals surface area contributed by atoms with Gasteiger partial charge in [0.1, 0.15) is 11.1 Å². The Kier molecular flexibility index (Phi) is 5.54. The SMILES string of the molecule is COC(=O)[C@H](C)S[C@H](C)c1nc(Cc2ccc(F)cc2)no1. The number of esters is 1. The molecule has 5 nitrogen and oxygen atoms in total. The number of nitrogens with zero attached hydrogens (tertiary/aromatic N) is 2. The fourth-order valence-corrected chi connectivity index (χ4v) is 2.91. The van der Waals surface area contributed by atoms with Gasteiger partial charge in [0.15, 0.2) is 5.82 Å². The second-order valence-electron chi connectivity index (χ2n) is 4.80. The Bertz CT molecular complexity index is 630. The predicted molar refractivity (Wildman–Crippen MR) is 81.0 cm³/mol. The fourth-order valence-electron chi connectivity index (χ4n) is 1.88. The standard InChI is InChI=1S/C15H17FN2O3S/c1-9(22-10(2)15(19)20-3)14-17-13(18-21-14)8-11-4-6-12(16)7-5-11/h4-7,9-10H,8H2,1-3H3/t9-,10+/m1/s1. The average molecular weight is 324 g/mol. The van der Waals surface area contributed by atoms with Crippen molar-refractivity contribution in [3.8, 4) is 0 Å². The van der Waals surface area contributed by atoms with E-state index in [0.29, 0.717) is 18.1 Å². The van der Waals surface area contributed by atoms with Crippen molar-refractivity contribution in [1.82, 2.24) is 10.1 Å². The Hall–Kier alpha value is -1.89. The normalized spacial score (nSPS) is 13.6. The van der Waals surface area contributed by atoms with Crippen molar-refractivity contribution < 1.29 is 18.4 Å². The van der Waals surface area contributed by atoms with E-state index in [1.165, 1.54) is 31.0 Å². The van der Waals surface area contributed by atoms with Gasteiger partial charge in [-0.25, -0.2) is 4.39 Å². The second-order valence-corrected chi connectivity index (χ2v) is 6.48. The lowest BCUT2D eigenvalue weighted by Gasteiger charge is -2.11. The summed E-state index contributed by atoms with van der Waals surface area (Å²) in [5, 5.41) is 3.48. The summed E-state index contributed by atoms with van der Waals surface area (Å²) in [6, 6.07) is 6.16. The summed E-state index contributed by atoms with van der Waals surface area (Å²) in [6.45, 7) is 3.65. The number of halogens is 1. The summed E-state index contributed by atoms with van der Waals surface area (Å²) >= 11 is 1.39. The van der Waals surface area contributed by atoms with Crippen molar-refractivity contribution in [2.24, 2.45) is 0 Å². The lowest BCUT2D eigenvalue weighted by Crippen LogP contribution is -2.15. The topological polar surface area (TPSA) is 65.2 Å². The summed E-state index contributed by atoms with van der Waals surface area (Å²) in [7, 11) is 1.36. The number of carbonyl (C=O) groups is 1. The monoisotopic (exact) mass is 324 g/mol. The van der Waals surface area contributed by atoms with Gasteiger partial charge in [0.05, 0.1) is 12.4 Å². The van der Waals surface area contributed by atoms with Gasteiger partial charge >= 0.3 is 5.97 Å². The van der Waals surface area contributed by atoms with E-state index in [2.05, 4.69) is 14.9 Å². The Labute approximate surface area is 132 Å². The predicted octanol–water partition coefficient (Wildman–Crippen LogP) is 3.16. The molecule has 1 aromatic carbocycles. The number of aromatic nitrogens is 2. The quantitative estimate of drug-likeness (QED) is 0.761. The first kappa shape index (κ1) is 16.5. The molecule has 0 aliphatic heterocycles. The number of hydrogen-bond acceptors (Lipinski definition) is 6. The first-order valence-corrected chi connectivity index (χ1v) is 7.74. The minimum Gasteiger partial charge on any atom is -0.468 e. The van der Waals surface area contributed by atoms with Crippen LogP contribution in [0.3, 0.4) is 0 Å². The van der Waals surface area contributed by atoms with Crippen molar-refractivity contribution in [1.29, 1.82) is 0 Å². The highest BCUT2D eigenvalue weighted by Gasteiger charge is 2.22. The van der Waals surface area contributed by atoms with Gasteiger partial charge in [-0.3, -0.25) is 4.79 Å². The number of hydrogen-bond donors (Lipinski definition) is 0. The molecule has 0 unspecified atom stereocenters. The highest BCUT2D eigenvalue weighted by Crippen LogP contribution is 2.31. The van der Waals surface area contributed by atoms with Crippen molar-refractivity contribution in [3.63, 3.8) is 0 Å². The molecule has 22 heavy (non-hydrogen) atoms. The van der Waals surface area contributed by atoms with E-state index in [-0.39, 0.29) is 22.3 Å². The third-order valence-corrected chi connectivity index (χ3v) is 4.26. The molecule has 2 atom stereocenters. The van der Waals surface area contributed by atoms with Crippen LogP contribution < -0.4 is 0 Å². The molecule has 1 aromatic heterocycles. The lowest BCUT2D eigenvalue weighted by atomic mass is 10.1. The summed E-state index contributed by atoms with van der Waals surface area (Å²) in [5.41, 5.74) is 0.900. The molecule has 7 heteroatoms. The van der Waals surface area contributed by atoms with E-state index in [9.17, 15) is 9.18 Å². The van der Waals surface area contributed by atoms with Crippen LogP contribution in [0.1, 0.15) is 36.4 Å². The number of rotatable bonds is 6. The van der Waals surface area contributed by atoms with Crippen molar-refractivity contribution in [2.45, 2.75) is 30.8 Å². The second kappa shape index (κ2) is 7.40. The molecule has 0 saturated heterocycles. The maximum Gasteiger partial charge on any atom is 0.318 e. The van der Waals surface area contributed by atoms with E-state index in [4.69, 9.17) is 4.52 Å². The molecule has 0 aliphatic rings. The van der Waals surface area contributed by atoms with Gasteiger partial charge in [0.25, 0.3) is 0 Å². The molecule has 0 amide bonds. The van der Waals surface area contributed by atoms with E-state index in [1.54, 1.807) is 19.1 Å². The van der Waals surface area contributed by atoms with E-state index in [0.717, 1.165) is 5.56 Å². The molecule has 0 aliphatic carbocycles. The molecule has 0 spiro atoms. The van der Waals surface area contributed by atoms with Gasteiger partial charge in [0, 0.05) is 6.42 Å². The van der Waals surface area contributed by atoms with Crippen LogP contribution in [-0.4, -0.2) is 28.5 Å². The summed E-state index contributed by atoms with van der Waals surface area (Å²) in [5.74, 6) is 0.417. The molecule has 1 heterocycles. The first-order chi connectivity index (χ1) is 10.5. The van der Waals surface area contributed by atoms with Crippen LogP contribution in [0.5, 0.6) is 0 Å². The van der Waals surface area contributed by atoms with Gasteiger partial charge in [-0.2, -0.15) is 4.98 Å². The van der Waals surface area contributed by atoms with Gasteiger partial charge in [-0.15, -0.1) is 11.8 Å². The van der Waals surface area contributed by atoms with Crippen molar-refractivity contribution >= 4 is 17.7 Å². The van der Waals surface area contributed by atoms with Crippen molar-refractivity contribution in [2.75, 3.05) is 7.11 Å². The zero-order chi connectivity index (χ0) is 16.1. The van der Waals surface area contributed by atoms with Crippen LogP contribution in [0.2, 0.25) is 0 Å². The van der Waals surface area contributed by atoms with Crippen LogP contribution in [-0.2, 0) is 16.0 Å². The number of thioether (sulfide) groups is 1. The first-order valence-electron chi connectivity index (χ1n) is 6.79. The smallest absolute Gasteiger partial charge is 0.318 e. The third-order valence-electron chi connectivity index (χ3n) is 3.05. The highest BCUT2D eigenvalue weighted by atomic mass is 32.2. The zero-order valence-corrected chi connectivity index (χ0v) is 13.4. The highest BCUT2D eigenvalue weighted by molar-refractivity contribution is 8.00. The van der Waals surface area contributed by atoms with E-state index >= 15 is 0 Å².